The molecule has 1 aliphatic rings. The van der Waals surface area contributed by atoms with Crippen LogP contribution in [0, 0.1) is 0 Å². The first-order valence-corrected chi connectivity index (χ1v) is 7.44. The van der Waals surface area contributed by atoms with Gasteiger partial charge in [-0.1, -0.05) is 30.3 Å². The Kier molecular flexibility index (Phi) is 2.61. The zero-order valence-electron chi connectivity index (χ0n) is 12.3. The van der Waals surface area contributed by atoms with Gasteiger partial charge in [0.05, 0.1) is 5.41 Å². The van der Waals surface area contributed by atoms with Gasteiger partial charge in [-0.3, -0.25) is 0 Å². The molecule has 1 aliphatic carbocycles. The average molecular weight is 278 g/mol. The number of fused-ring (bicyclic) bond motifs is 1. The van der Waals surface area contributed by atoms with E-state index >= 15 is 0 Å². The smallest absolute Gasteiger partial charge is 0.181 e. The van der Waals surface area contributed by atoms with Crippen LogP contribution >= 0.6 is 0 Å². The van der Waals surface area contributed by atoms with Gasteiger partial charge < -0.3 is 0 Å². The van der Waals surface area contributed by atoms with Crippen molar-refractivity contribution < 1.29 is 0 Å². The van der Waals surface area contributed by atoms with Gasteiger partial charge in [-0.25, -0.2) is 0 Å². The van der Waals surface area contributed by atoms with E-state index in [1.807, 2.05) is 16.8 Å². The summed E-state index contributed by atoms with van der Waals surface area (Å²) in [6.45, 7) is 4.34. The molecule has 3 aromatic rings. The molecule has 1 saturated carbocycles. The Morgan fingerprint density at radius 2 is 1.81 bits per heavy atom. The lowest BCUT2D eigenvalue weighted by molar-refractivity contribution is 0.567. The number of rotatable bonds is 3. The molecule has 4 rings (SSSR count). The largest absolute Gasteiger partial charge is 0.196 e. The number of hydrogen-bond donors (Lipinski definition) is 0. The molecule has 0 spiro atoms. The summed E-state index contributed by atoms with van der Waals surface area (Å²) in [5.41, 5.74) is 3.19. The molecule has 0 amide bonds. The van der Waals surface area contributed by atoms with E-state index in [-0.39, 0.29) is 5.41 Å². The van der Waals surface area contributed by atoms with E-state index in [0.717, 1.165) is 11.5 Å². The lowest BCUT2D eigenvalue weighted by atomic mass is 9.84. The molecule has 0 atom stereocenters. The highest BCUT2D eigenvalue weighted by atomic mass is 15.4. The van der Waals surface area contributed by atoms with E-state index < -0.39 is 0 Å². The topological polar surface area (TPSA) is 43.1 Å². The molecule has 0 unspecified atom stereocenters. The van der Waals surface area contributed by atoms with Crippen LogP contribution in [0.15, 0.2) is 42.6 Å². The Balaban J connectivity index is 1.89. The van der Waals surface area contributed by atoms with Crippen molar-refractivity contribution in [2.75, 3.05) is 0 Å². The lowest BCUT2D eigenvalue weighted by Gasteiger charge is -2.22. The van der Waals surface area contributed by atoms with Crippen LogP contribution < -0.4 is 0 Å². The first-order valence-electron chi connectivity index (χ1n) is 7.44. The molecule has 0 aliphatic heterocycles. The third-order valence-electron chi connectivity index (χ3n) is 4.41. The molecule has 0 bridgehead atoms. The minimum absolute atomic E-state index is 0.226. The zero-order valence-corrected chi connectivity index (χ0v) is 12.3. The van der Waals surface area contributed by atoms with Gasteiger partial charge in [0.2, 0.25) is 0 Å². The second kappa shape index (κ2) is 4.38. The molecule has 0 radical (unpaired) electrons. The van der Waals surface area contributed by atoms with Gasteiger partial charge in [0.1, 0.15) is 0 Å². The first kappa shape index (κ1) is 12.5. The van der Waals surface area contributed by atoms with E-state index in [4.69, 9.17) is 0 Å². The summed E-state index contributed by atoms with van der Waals surface area (Å²) in [7, 11) is 0. The third-order valence-corrected chi connectivity index (χ3v) is 4.41. The molecule has 21 heavy (non-hydrogen) atoms. The summed E-state index contributed by atoms with van der Waals surface area (Å²) >= 11 is 0. The van der Waals surface area contributed by atoms with Crippen molar-refractivity contribution in [3.63, 3.8) is 0 Å². The van der Waals surface area contributed by atoms with Crippen LogP contribution in [0.2, 0.25) is 0 Å². The number of aromatic nitrogens is 4. The Hall–Kier alpha value is -2.23. The maximum atomic E-state index is 4.50. The molecular weight excluding hydrogens is 260 g/mol. The SMILES string of the molecule is CC(C)(c1ccccc1)c1nnc2c(C3CC3)ccnn12. The molecule has 4 heteroatoms. The summed E-state index contributed by atoms with van der Waals surface area (Å²) in [5.74, 6) is 1.54. The number of hydrogen-bond acceptors (Lipinski definition) is 3. The summed E-state index contributed by atoms with van der Waals surface area (Å²) in [6, 6.07) is 12.5. The van der Waals surface area contributed by atoms with Crippen molar-refractivity contribution in [3.8, 4) is 0 Å². The summed E-state index contributed by atoms with van der Waals surface area (Å²) < 4.78 is 1.92. The van der Waals surface area contributed by atoms with Gasteiger partial charge in [0.15, 0.2) is 11.5 Å². The molecule has 2 aromatic heterocycles. The van der Waals surface area contributed by atoms with Gasteiger partial charge in [0.25, 0.3) is 0 Å². The van der Waals surface area contributed by atoms with Gasteiger partial charge in [0, 0.05) is 11.8 Å². The van der Waals surface area contributed by atoms with Crippen LogP contribution in [0.1, 0.15) is 49.6 Å². The van der Waals surface area contributed by atoms with Crippen LogP contribution in [-0.4, -0.2) is 19.8 Å². The second-order valence-electron chi connectivity index (χ2n) is 6.31. The fraction of sp³-hybridized carbons (Fsp3) is 0.353. The predicted octanol–water partition coefficient (Wildman–Crippen LogP) is 3.33. The Labute approximate surface area is 123 Å². The van der Waals surface area contributed by atoms with Gasteiger partial charge in [-0.15, -0.1) is 10.2 Å². The Bertz CT molecular complexity index is 785. The van der Waals surface area contributed by atoms with Crippen molar-refractivity contribution in [2.45, 2.75) is 38.0 Å². The predicted molar refractivity (Wildman–Crippen MR) is 81.3 cm³/mol. The Morgan fingerprint density at radius 3 is 2.52 bits per heavy atom. The highest BCUT2D eigenvalue weighted by molar-refractivity contribution is 5.50. The summed E-state index contributed by atoms with van der Waals surface area (Å²) in [6.07, 6.45) is 4.38. The van der Waals surface area contributed by atoms with E-state index in [2.05, 4.69) is 59.5 Å². The van der Waals surface area contributed by atoms with Crippen LogP contribution in [0.3, 0.4) is 0 Å². The highest BCUT2D eigenvalue weighted by Gasteiger charge is 2.32. The fourth-order valence-corrected chi connectivity index (χ4v) is 2.91. The van der Waals surface area contributed by atoms with Crippen LogP contribution in [0.5, 0.6) is 0 Å². The first-order chi connectivity index (χ1) is 10.2. The zero-order chi connectivity index (χ0) is 14.4. The normalized spacial score (nSPS) is 15.5. The summed E-state index contributed by atoms with van der Waals surface area (Å²) in [5, 5.41) is 13.4. The van der Waals surface area contributed by atoms with Crippen LogP contribution in [-0.2, 0) is 5.41 Å². The van der Waals surface area contributed by atoms with Crippen molar-refractivity contribution >= 4 is 5.65 Å². The molecule has 106 valence electrons. The van der Waals surface area contributed by atoms with Gasteiger partial charge in [-0.05, 0) is 44.2 Å². The van der Waals surface area contributed by atoms with Gasteiger partial charge in [-0.2, -0.15) is 9.61 Å². The van der Waals surface area contributed by atoms with E-state index in [9.17, 15) is 0 Å². The van der Waals surface area contributed by atoms with E-state index in [1.165, 1.54) is 24.0 Å². The molecule has 1 fully saturated rings. The van der Waals surface area contributed by atoms with Crippen molar-refractivity contribution in [1.82, 2.24) is 19.8 Å². The van der Waals surface area contributed by atoms with Gasteiger partial charge >= 0.3 is 0 Å². The maximum absolute atomic E-state index is 4.50. The quantitative estimate of drug-likeness (QED) is 0.738. The second-order valence-corrected chi connectivity index (χ2v) is 6.31. The van der Waals surface area contributed by atoms with Crippen molar-refractivity contribution in [3.05, 3.63) is 59.5 Å². The Morgan fingerprint density at radius 1 is 1.05 bits per heavy atom. The average Bonchev–Trinajstić information content (AvgIpc) is 3.25. The maximum Gasteiger partial charge on any atom is 0.181 e. The van der Waals surface area contributed by atoms with Crippen LogP contribution in [0.25, 0.3) is 5.65 Å². The molecule has 4 nitrogen and oxygen atoms in total. The van der Waals surface area contributed by atoms with E-state index in [0.29, 0.717) is 5.92 Å². The summed E-state index contributed by atoms with van der Waals surface area (Å²) in [4.78, 5) is 0. The minimum atomic E-state index is -0.226. The third kappa shape index (κ3) is 1.94. The van der Waals surface area contributed by atoms with Crippen LogP contribution in [0.4, 0.5) is 0 Å². The standard InChI is InChI=1S/C17H18N4/c1-17(2,13-6-4-3-5-7-13)16-20-19-15-14(12-8-9-12)10-11-18-21(15)16/h3-7,10-12H,8-9H2,1-2H3. The molecular formula is C17H18N4. The number of nitrogens with zero attached hydrogens (tertiary/aromatic N) is 4. The lowest BCUT2D eigenvalue weighted by Crippen LogP contribution is -2.23. The minimum Gasteiger partial charge on any atom is -0.196 e. The van der Waals surface area contributed by atoms with E-state index in [1.54, 1.807) is 0 Å². The number of benzene rings is 1. The molecule has 0 N–H and O–H groups in total. The molecule has 0 saturated heterocycles. The molecule has 1 aromatic carbocycles. The van der Waals surface area contributed by atoms with Crippen molar-refractivity contribution in [2.24, 2.45) is 0 Å². The highest BCUT2D eigenvalue weighted by Crippen LogP contribution is 2.41. The molecule has 2 heterocycles. The monoisotopic (exact) mass is 278 g/mol. The fourth-order valence-electron chi connectivity index (χ4n) is 2.91. The van der Waals surface area contributed by atoms with Crippen molar-refractivity contribution in [1.29, 1.82) is 0 Å².